The maximum atomic E-state index is 13.0. The number of carbonyl (C=O) groups is 2. The van der Waals surface area contributed by atoms with Crippen molar-refractivity contribution in [1.82, 2.24) is 4.90 Å². The Bertz CT molecular complexity index is 1080. The van der Waals surface area contributed by atoms with E-state index in [2.05, 4.69) is 29.6 Å². The molecule has 1 aliphatic carbocycles. The maximum Gasteiger partial charge on any atom is 0.249 e. The second-order valence-electron chi connectivity index (χ2n) is 7.33. The maximum absolute atomic E-state index is 13.0. The van der Waals surface area contributed by atoms with Gasteiger partial charge in [-0.1, -0.05) is 36.4 Å². The molecule has 1 atom stereocenters. The third-order valence-electron chi connectivity index (χ3n) is 5.47. The minimum atomic E-state index is -0.635. The molecule has 5 rings (SSSR count). The molecule has 2 aliphatic rings. The number of rotatable bonds is 4. The van der Waals surface area contributed by atoms with Crippen LogP contribution in [0.4, 0.5) is 5.69 Å². The van der Waals surface area contributed by atoms with Gasteiger partial charge in [-0.3, -0.25) is 9.59 Å². The van der Waals surface area contributed by atoms with Gasteiger partial charge in [0.15, 0.2) is 0 Å². The minimum absolute atomic E-state index is 0.0201. The summed E-state index contributed by atoms with van der Waals surface area (Å²) in [6.07, 6.45) is 0.866. The largest absolute Gasteiger partial charge is 0.369 e. The Morgan fingerprint density at radius 1 is 1.10 bits per heavy atom. The molecule has 0 spiro atoms. The molecule has 0 bridgehead atoms. The number of amides is 2. The van der Waals surface area contributed by atoms with Gasteiger partial charge in [0.1, 0.15) is 12.6 Å². The van der Waals surface area contributed by atoms with Crippen LogP contribution < -0.4 is 5.32 Å². The van der Waals surface area contributed by atoms with Gasteiger partial charge in [0.25, 0.3) is 0 Å². The topological polar surface area (TPSA) is 58.6 Å². The Morgan fingerprint density at radius 2 is 1.97 bits per heavy atom. The van der Waals surface area contributed by atoms with E-state index in [1.165, 1.54) is 22.3 Å². The lowest BCUT2D eigenvalue weighted by Crippen LogP contribution is -2.54. The van der Waals surface area contributed by atoms with Crippen LogP contribution in [0.2, 0.25) is 0 Å². The van der Waals surface area contributed by atoms with Crippen LogP contribution in [-0.2, 0) is 27.3 Å². The lowest BCUT2D eigenvalue weighted by molar-refractivity contribution is -0.153. The first-order valence-corrected chi connectivity index (χ1v) is 10.5. The van der Waals surface area contributed by atoms with Crippen LogP contribution in [0.3, 0.4) is 0 Å². The number of carbonyl (C=O) groups excluding carboxylic acids is 2. The van der Waals surface area contributed by atoms with E-state index >= 15 is 0 Å². The molecule has 1 fully saturated rings. The standard InChI is InChI=1S/C23H20N2O3S/c26-22-14-28-13-21(25(22)12-18-5-3-9-29-18)23(27)24-17-7-8-20-16(11-17)10-15-4-1-2-6-19(15)20/h1-9,11,21H,10,12-14H2,(H,24,27). The molecule has 2 heterocycles. The van der Waals surface area contributed by atoms with Gasteiger partial charge in [0, 0.05) is 10.6 Å². The van der Waals surface area contributed by atoms with Crippen LogP contribution in [0.15, 0.2) is 60.0 Å². The number of ether oxygens (including phenoxy) is 1. The zero-order chi connectivity index (χ0) is 19.8. The van der Waals surface area contributed by atoms with Crippen LogP contribution >= 0.6 is 11.3 Å². The van der Waals surface area contributed by atoms with E-state index in [9.17, 15) is 9.59 Å². The van der Waals surface area contributed by atoms with E-state index in [-0.39, 0.29) is 25.0 Å². The highest BCUT2D eigenvalue weighted by molar-refractivity contribution is 7.09. The van der Waals surface area contributed by atoms with Crippen molar-refractivity contribution in [2.24, 2.45) is 0 Å². The van der Waals surface area contributed by atoms with Gasteiger partial charge >= 0.3 is 0 Å². The molecule has 29 heavy (non-hydrogen) atoms. The van der Waals surface area contributed by atoms with Gasteiger partial charge < -0.3 is 15.0 Å². The van der Waals surface area contributed by atoms with Crippen molar-refractivity contribution in [2.45, 2.75) is 19.0 Å². The van der Waals surface area contributed by atoms with Gasteiger partial charge in [0.2, 0.25) is 11.8 Å². The fourth-order valence-electron chi connectivity index (χ4n) is 4.04. The van der Waals surface area contributed by atoms with E-state index < -0.39 is 6.04 Å². The highest BCUT2D eigenvalue weighted by Crippen LogP contribution is 2.37. The molecule has 1 aromatic heterocycles. The predicted molar refractivity (Wildman–Crippen MR) is 113 cm³/mol. The molecule has 1 N–H and O–H groups in total. The van der Waals surface area contributed by atoms with Crippen molar-refractivity contribution < 1.29 is 14.3 Å². The number of nitrogens with zero attached hydrogens (tertiary/aromatic N) is 1. The molecule has 2 amide bonds. The summed E-state index contributed by atoms with van der Waals surface area (Å²) in [5.41, 5.74) is 5.73. The number of hydrogen-bond donors (Lipinski definition) is 1. The lowest BCUT2D eigenvalue weighted by Gasteiger charge is -2.34. The van der Waals surface area contributed by atoms with Gasteiger partial charge in [-0.05, 0) is 52.3 Å². The Morgan fingerprint density at radius 3 is 2.83 bits per heavy atom. The van der Waals surface area contributed by atoms with Crippen LogP contribution in [-0.4, -0.2) is 36.0 Å². The number of morpholine rings is 1. The SMILES string of the molecule is O=C(Nc1ccc2c(c1)Cc1ccccc1-2)C1COCC(=O)N1Cc1cccs1. The van der Waals surface area contributed by atoms with Gasteiger partial charge in [-0.25, -0.2) is 0 Å². The van der Waals surface area contributed by atoms with Crippen molar-refractivity contribution >= 4 is 28.8 Å². The molecular weight excluding hydrogens is 384 g/mol. The Labute approximate surface area is 172 Å². The van der Waals surface area contributed by atoms with E-state index in [0.717, 1.165) is 17.0 Å². The van der Waals surface area contributed by atoms with Gasteiger partial charge in [-0.2, -0.15) is 0 Å². The number of nitrogens with one attached hydrogen (secondary N) is 1. The summed E-state index contributed by atoms with van der Waals surface area (Å²) >= 11 is 1.58. The molecule has 5 nitrogen and oxygen atoms in total. The first-order valence-electron chi connectivity index (χ1n) is 9.61. The third kappa shape index (κ3) is 3.45. The molecule has 6 heteroatoms. The van der Waals surface area contributed by atoms with Crippen LogP contribution in [0.5, 0.6) is 0 Å². The van der Waals surface area contributed by atoms with Crippen LogP contribution in [0.25, 0.3) is 11.1 Å². The van der Waals surface area contributed by atoms with Gasteiger partial charge in [0.05, 0.1) is 13.2 Å². The number of hydrogen-bond acceptors (Lipinski definition) is 4. The van der Waals surface area contributed by atoms with Crippen LogP contribution in [0.1, 0.15) is 16.0 Å². The number of thiophene rings is 1. The molecule has 3 aromatic rings. The molecule has 2 aromatic carbocycles. The molecule has 1 aliphatic heterocycles. The third-order valence-corrected chi connectivity index (χ3v) is 6.33. The second-order valence-corrected chi connectivity index (χ2v) is 8.36. The Kier molecular flexibility index (Phi) is 4.66. The minimum Gasteiger partial charge on any atom is -0.369 e. The highest BCUT2D eigenvalue weighted by atomic mass is 32.1. The summed E-state index contributed by atoms with van der Waals surface area (Å²) < 4.78 is 5.37. The Balaban J connectivity index is 1.34. The van der Waals surface area contributed by atoms with Crippen molar-refractivity contribution in [3.05, 3.63) is 76.0 Å². The number of fused-ring (bicyclic) bond motifs is 3. The summed E-state index contributed by atoms with van der Waals surface area (Å²) in [6.45, 7) is 0.656. The van der Waals surface area contributed by atoms with Gasteiger partial charge in [-0.15, -0.1) is 11.3 Å². The smallest absolute Gasteiger partial charge is 0.249 e. The van der Waals surface area contributed by atoms with Crippen LogP contribution in [0, 0.1) is 0 Å². The number of benzene rings is 2. The highest BCUT2D eigenvalue weighted by Gasteiger charge is 2.34. The van der Waals surface area contributed by atoms with Crippen molar-refractivity contribution in [1.29, 1.82) is 0 Å². The fourth-order valence-corrected chi connectivity index (χ4v) is 4.74. The van der Waals surface area contributed by atoms with Crippen molar-refractivity contribution in [3.8, 4) is 11.1 Å². The summed E-state index contributed by atoms with van der Waals surface area (Å²) in [4.78, 5) is 28.0. The first-order chi connectivity index (χ1) is 14.2. The van der Waals surface area contributed by atoms with E-state index in [4.69, 9.17) is 4.74 Å². The first kappa shape index (κ1) is 18.1. The molecule has 0 radical (unpaired) electrons. The average molecular weight is 404 g/mol. The average Bonchev–Trinajstić information content (AvgIpc) is 3.36. The van der Waals surface area contributed by atoms with Crippen molar-refractivity contribution in [2.75, 3.05) is 18.5 Å². The zero-order valence-corrected chi connectivity index (χ0v) is 16.6. The van der Waals surface area contributed by atoms with Crippen molar-refractivity contribution in [3.63, 3.8) is 0 Å². The second kappa shape index (κ2) is 7.46. The monoisotopic (exact) mass is 404 g/mol. The molecule has 1 unspecified atom stereocenters. The lowest BCUT2D eigenvalue weighted by atomic mass is 10.1. The van der Waals surface area contributed by atoms with E-state index in [1.54, 1.807) is 16.2 Å². The molecule has 146 valence electrons. The fraction of sp³-hybridized carbons (Fsp3) is 0.217. The molecular formula is C23H20N2O3S. The normalized spacial score (nSPS) is 17.7. The summed E-state index contributed by atoms with van der Waals surface area (Å²) in [5.74, 6) is -0.376. The summed E-state index contributed by atoms with van der Waals surface area (Å²) in [5, 5.41) is 4.96. The quantitative estimate of drug-likeness (QED) is 0.564. The number of anilines is 1. The zero-order valence-electron chi connectivity index (χ0n) is 15.8. The molecule has 1 saturated heterocycles. The Hall–Kier alpha value is -2.96. The van der Waals surface area contributed by atoms with E-state index in [1.807, 2.05) is 35.7 Å². The summed E-state index contributed by atoms with van der Waals surface area (Å²) in [7, 11) is 0. The summed E-state index contributed by atoms with van der Waals surface area (Å²) in [6, 6.07) is 17.7. The predicted octanol–water partition coefficient (Wildman–Crippen LogP) is 3.69. The molecule has 0 saturated carbocycles. The van der Waals surface area contributed by atoms with E-state index in [0.29, 0.717) is 6.54 Å².